The number of benzene rings is 7. The topological polar surface area (TPSA) is 0 Å². The maximum atomic E-state index is 2.40. The zero-order valence-electron chi connectivity index (χ0n) is 17.8. The minimum atomic E-state index is 1.29. The fourth-order valence-corrected chi connectivity index (χ4v) is 6.75. The summed E-state index contributed by atoms with van der Waals surface area (Å²) in [5, 5.41) is 13.3. The van der Waals surface area contributed by atoms with Gasteiger partial charge in [0.05, 0.1) is 0 Å². The van der Waals surface area contributed by atoms with Crippen LogP contribution < -0.4 is 0 Å². The van der Waals surface area contributed by atoms with Crippen molar-refractivity contribution in [1.82, 2.24) is 0 Å². The molecule has 0 atom stereocenters. The van der Waals surface area contributed by atoms with Gasteiger partial charge in [-0.05, 0) is 84.5 Å². The Bertz CT molecular complexity index is 2020. The first kappa shape index (κ1) is 17.6. The Morgan fingerprint density at radius 1 is 0.394 bits per heavy atom. The van der Waals surface area contributed by atoms with Crippen LogP contribution in [0, 0.1) is 0 Å². The maximum Gasteiger partial charge on any atom is 0.0361 e. The third kappa shape index (κ3) is 2.40. The third-order valence-corrected chi connectivity index (χ3v) is 8.29. The van der Waals surface area contributed by atoms with Gasteiger partial charge in [-0.3, -0.25) is 0 Å². The second-order valence-electron chi connectivity index (χ2n) is 8.98. The second-order valence-corrected chi connectivity index (χ2v) is 10.1. The number of rotatable bonds is 1. The van der Waals surface area contributed by atoms with Gasteiger partial charge < -0.3 is 0 Å². The van der Waals surface area contributed by atoms with E-state index in [-0.39, 0.29) is 0 Å². The molecule has 0 aliphatic rings. The Hall–Kier alpha value is -3.94. The zero-order valence-corrected chi connectivity index (χ0v) is 18.6. The summed E-state index contributed by atoms with van der Waals surface area (Å²) in [4.78, 5) is 0. The van der Waals surface area contributed by atoms with E-state index in [2.05, 4.69) is 109 Å². The van der Waals surface area contributed by atoms with Gasteiger partial charge >= 0.3 is 0 Å². The molecule has 0 radical (unpaired) electrons. The van der Waals surface area contributed by atoms with Crippen LogP contribution >= 0.6 is 11.3 Å². The van der Waals surface area contributed by atoms with Crippen molar-refractivity contribution < 1.29 is 0 Å². The smallest absolute Gasteiger partial charge is 0.0361 e. The molecule has 1 heterocycles. The molecular weight excluding hydrogens is 416 g/mol. The van der Waals surface area contributed by atoms with Gasteiger partial charge in [-0.25, -0.2) is 0 Å². The van der Waals surface area contributed by atoms with Gasteiger partial charge in [0.1, 0.15) is 0 Å². The van der Waals surface area contributed by atoms with Crippen molar-refractivity contribution in [2.75, 3.05) is 0 Å². The van der Waals surface area contributed by atoms with Crippen LogP contribution in [-0.2, 0) is 0 Å². The van der Waals surface area contributed by atoms with Crippen LogP contribution in [-0.4, -0.2) is 0 Å². The van der Waals surface area contributed by atoms with Gasteiger partial charge in [0.15, 0.2) is 0 Å². The highest BCUT2D eigenvalue weighted by molar-refractivity contribution is 7.25. The molecule has 0 aliphatic heterocycles. The summed E-state index contributed by atoms with van der Waals surface area (Å²) >= 11 is 1.89. The lowest BCUT2D eigenvalue weighted by Gasteiger charge is -2.15. The summed E-state index contributed by atoms with van der Waals surface area (Å²) in [6, 6.07) is 40.6. The predicted molar refractivity (Wildman–Crippen MR) is 146 cm³/mol. The molecule has 0 saturated carbocycles. The molecule has 0 saturated heterocycles. The number of thiophene rings is 1. The maximum absolute atomic E-state index is 2.40. The van der Waals surface area contributed by atoms with Gasteiger partial charge in [-0.15, -0.1) is 11.3 Å². The van der Waals surface area contributed by atoms with Crippen molar-refractivity contribution in [3.8, 4) is 11.1 Å². The predicted octanol–water partition coefficient (Wildman–Crippen LogP) is 9.77. The third-order valence-electron chi connectivity index (χ3n) is 7.16. The first-order chi connectivity index (χ1) is 16.3. The minimum Gasteiger partial charge on any atom is -0.135 e. The molecule has 0 spiro atoms. The van der Waals surface area contributed by atoms with Crippen LogP contribution in [0.15, 0.2) is 109 Å². The van der Waals surface area contributed by atoms with Gasteiger partial charge in [0.25, 0.3) is 0 Å². The average Bonchev–Trinajstić information content (AvgIpc) is 3.22. The molecule has 0 bridgehead atoms. The van der Waals surface area contributed by atoms with E-state index in [0.29, 0.717) is 0 Å². The standard InChI is InChI=1S/C32H18S/c1-2-6-22-18-30-28(15-21(22)5-1)27-16-23(13-14-29(27)33-30)26-17-24-9-3-7-19-11-12-20-8-4-10-25(26)32(20)31(19)24/h1-18H. The van der Waals surface area contributed by atoms with Crippen molar-refractivity contribution in [1.29, 1.82) is 0 Å². The van der Waals surface area contributed by atoms with Gasteiger partial charge in [0, 0.05) is 20.2 Å². The Labute approximate surface area is 194 Å². The fourth-order valence-electron chi connectivity index (χ4n) is 5.63. The van der Waals surface area contributed by atoms with Crippen LogP contribution in [0.2, 0.25) is 0 Å². The summed E-state index contributed by atoms with van der Waals surface area (Å²) in [5.41, 5.74) is 2.60. The fraction of sp³-hybridized carbons (Fsp3) is 0. The number of hydrogen-bond donors (Lipinski definition) is 0. The van der Waals surface area contributed by atoms with E-state index in [4.69, 9.17) is 0 Å². The van der Waals surface area contributed by atoms with Crippen molar-refractivity contribution in [3.63, 3.8) is 0 Å². The molecule has 33 heavy (non-hydrogen) atoms. The molecule has 152 valence electrons. The van der Waals surface area contributed by atoms with Crippen molar-refractivity contribution in [2.45, 2.75) is 0 Å². The molecule has 8 rings (SSSR count). The highest BCUT2D eigenvalue weighted by atomic mass is 32.1. The summed E-state index contributed by atoms with van der Waals surface area (Å²) in [5.74, 6) is 0. The highest BCUT2D eigenvalue weighted by Crippen LogP contribution is 2.43. The molecular formula is C32H18S. The van der Waals surface area contributed by atoms with Crippen molar-refractivity contribution >= 4 is 74.6 Å². The number of fused-ring (bicyclic) bond motifs is 4. The quantitative estimate of drug-likeness (QED) is 0.226. The summed E-state index contributed by atoms with van der Waals surface area (Å²) in [6.45, 7) is 0. The summed E-state index contributed by atoms with van der Waals surface area (Å²) < 4.78 is 2.71. The van der Waals surface area contributed by atoms with Crippen LogP contribution in [0.4, 0.5) is 0 Å². The lowest BCUT2D eigenvalue weighted by molar-refractivity contribution is 1.73. The van der Waals surface area contributed by atoms with E-state index in [1.165, 1.54) is 74.4 Å². The van der Waals surface area contributed by atoms with E-state index in [1.807, 2.05) is 11.3 Å². The van der Waals surface area contributed by atoms with E-state index >= 15 is 0 Å². The first-order valence-electron chi connectivity index (χ1n) is 11.4. The molecule has 8 aromatic rings. The van der Waals surface area contributed by atoms with E-state index in [0.717, 1.165) is 0 Å². The number of hydrogen-bond acceptors (Lipinski definition) is 1. The van der Waals surface area contributed by atoms with Crippen LogP contribution in [0.25, 0.3) is 74.4 Å². The molecule has 0 N–H and O–H groups in total. The van der Waals surface area contributed by atoms with Crippen molar-refractivity contribution in [3.05, 3.63) is 109 Å². The highest BCUT2D eigenvalue weighted by Gasteiger charge is 2.14. The SMILES string of the molecule is c1ccc2cc3c(cc2c1)sc1ccc(-c2cc4cccc5ccc6cccc2c6c54)cc13. The summed E-state index contributed by atoms with van der Waals surface area (Å²) in [7, 11) is 0. The van der Waals surface area contributed by atoms with Gasteiger partial charge in [0.2, 0.25) is 0 Å². The Balaban J connectivity index is 1.48. The van der Waals surface area contributed by atoms with Crippen molar-refractivity contribution in [2.24, 2.45) is 0 Å². The molecule has 0 nitrogen and oxygen atoms in total. The van der Waals surface area contributed by atoms with Gasteiger partial charge in [-0.1, -0.05) is 78.9 Å². The second kappa shape index (κ2) is 6.31. The molecule has 1 heteroatoms. The molecule has 0 unspecified atom stereocenters. The lowest BCUT2D eigenvalue weighted by Crippen LogP contribution is -1.87. The van der Waals surface area contributed by atoms with Crippen LogP contribution in [0.1, 0.15) is 0 Å². The van der Waals surface area contributed by atoms with Gasteiger partial charge in [-0.2, -0.15) is 0 Å². The van der Waals surface area contributed by atoms with Crippen LogP contribution in [0.5, 0.6) is 0 Å². The summed E-state index contributed by atoms with van der Waals surface area (Å²) in [6.07, 6.45) is 0. The lowest BCUT2D eigenvalue weighted by atomic mass is 9.89. The Kier molecular flexibility index (Phi) is 3.37. The minimum absolute atomic E-state index is 1.29. The average molecular weight is 435 g/mol. The van der Waals surface area contributed by atoms with Crippen LogP contribution in [0.3, 0.4) is 0 Å². The largest absolute Gasteiger partial charge is 0.135 e. The molecule has 7 aromatic carbocycles. The Morgan fingerprint density at radius 3 is 1.97 bits per heavy atom. The van der Waals surface area contributed by atoms with E-state index in [1.54, 1.807) is 0 Å². The Morgan fingerprint density at radius 2 is 1.09 bits per heavy atom. The monoisotopic (exact) mass is 434 g/mol. The normalized spacial score (nSPS) is 12.2. The molecule has 0 fully saturated rings. The van der Waals surface area contributed by atoms with E-state index < -0.39 is 0 Å². The first-order valence-corrected chi connectivity index (χ1v) is 12.2. The van der Waals surface area contributed by atoms with E-state index in [9.17, 15) is 0 Å². The molecule has 1 aromatic heterocycles. The molecule has 0 aliphatic carbocycles. The molecule has 0 amide bonds. The zero-order chi connectivity index (χ0) is 21.5.